The van der Waals surface area contributed by atoms with E-state index in [-0.39, 0.29) is 16.9 Å². The number of benzene rings is 2. The molecule has 0 aromatic heterocycles. The van der Waals surface area contributed by atoms with Gasteiger partial charge in [0, 0.05) is 13.1 Å². The number of para-hydroxylation sites is 2. The number of anilines is 1. The van der Waals surface area contributed by atoms with Gasteiger partial charge in [-0.05, 0) is 48.8 Å². The zero-order chi connectivity index (χ0) is 22.9. The zero-order valence-electron chi connectivity index (χ0n) is 18.4. The van der Waals surface area contributed by atoms with Crippen LogP contribution in [0.25, 0.3) is 0 Å². The molecule has 0 bridgehead atoms. The van der Waals surface area contributed by atoms with Crippen molar-refractivity contribution in [3.8, 4) is 5.75 Å². The van der Waals surface area contributed by atoms with Gasteiger partial charge in [-0.2, -0.15) is 0 Å². The Bertz CT molecular complexity index is 958. The molecule has 8 heteroatoms. The molecule has 1 saturated heterocycles. The van der Waals surface area contributed by atoms with Crippen molar-refractivity contribution in [2.24, 2.45) is 5.92 Å². The van der Waals surface area contributed by atoms with E-state index in [1.165, 1.54) is 0 Å². The van der Waals surface area contributed by atoms with Gasteiger partial charge in [0.15, 0.2) is 5.11 Å². The van der Waals surface area contributed by atoms with E-state index in [2.05, 4.69) is 24.5 Å². The molecule has 0 radical (unpaired) electrons. The second-order valence-electron chi connectivity index (χ2n) is 7.89. The van der Waals surface area contributed by atoms with E-state index >= 15 is 0 Å². The van der Waals surface area contributed by atoms with Crippen LogP contribution in [0.1, 0.15) is 41.0 Å². The van der Waals surface area contributed by atoms with E-state index in [1.807, 2.05) is 6.07 Å². The van der Waals surface area contributed by atoms with Crippen molar-refractivity contribution in [1.29, 1.82) is 0 Å². The number of ether oxygens (including phenoxy) is 2. The topological polar surface area (TPSA) is 79.9 Å². The third kappa shape index (κ3) is 6.51. The predicted octanol–water partition coefficient (Wildman–Crippen LogP) is 3.71. The van der Waals surface area contributed by atoms with Gasteiger partial charge in [0.05, 0.1) is 36.6 Å². The molecule has 1 heterocycles. The number of hydrogen-bond acceptors (Lipinski definition) is 5. The molecule has 0 unspecified atom stereocenters. The highest BCUT2D eigenvalue weighted by molar-refractivity contribution is 7.80. The molecule has 0 spiro atoms. The largest absolute Gasteiger partial charge is 0.493 e. The number of rotatable bonds is 7. The highest BCUT2D eigenvalue weighted by atomic mass is 32.1. The van der Waals surface area contributed by atoms with Crippen LogP contribution in [-0.2, 0) is 4.74 Å². The molecule has 1 aliphatic heterocycles. The molecule has 2 amide bonds. The number of nitrogens with one attached hydrogen (secondary N) is 2. The fourth-order valence-corrected chi connectivity index (χ4v) is 3.43. The van der Waals surface area contributed by atoms with Gasteiger partial charge >= 0.3 is 0 Å². The lowest BCUT2D eigenvalue weighted by atomic mass is 10.1. The Morgan fingerprint density at radius 3 is 2.44 bits per heavy atom. The summed E-state index contributed by atoms with van der Waals surface area (Å²) in [6.07, 6.45) is 0.893. The van der Waals surface area contributed by atoms with Crippen LogP contribution in [0.5, 0.6) is 5.75 Å². The van der Waals surface area contributed by atoms with Crippen molar-refractivity contribution in [3.05, 3.63) is 59.7 Å². The molecule has 0 aliphatic carbocycles. The highest BCUT2D eigenvalue weighted by Crippen LogP contribution is 2.20. The number of amides is 2. The van der Waals surface area contributed by atoms with Crippen molar-refractivity contribution in [1.82, 2.24) is 10.2 Å². The lowest BCUT2D eigenvalue weighted by Gasteiger charge is -2.27. The average Bonchev–Trinajstić information content (AvgIpc) is 2.79. The van der Waals surface area contributed by atoms with Crippen LogP contribution in [-0.4, -0.2) is 54.7 Å². The number of nitrogens with zero attached hydrogens (tertiary/aromatic N) is 1. The summed E-state index contributed by atoms with van der Waals surface area (Å²) in [7, 11) is 0. The molecule has 0 saturated carbocycles. The minimum atomic E-state index is -0.375. The first-order chi connectivity index (χ1) is 15.5. The summed E-state index contributed by atoms with van der Waals surface area (Å²) in [6.45, 7) is 6.90. The standard InChI is InChI=1S/C24H29N3O4S/c1-17(2)11-14-31-21-10-6-4-8-19(21)22(28)26-24(32)25-20-9-5-3-7-18(20)23(29)27-12-15-30-16-13-27/h3-10,17H,11-16H2,1-2H3,(H2,25,26,28,32). The highest BCUT2D eigenvalue weighted by Gasteiger charge is 2.21. The third-order valence-electron chi connectivity index (χ3n) is 5.02. The van der Waals surface area contributed by atoms with E-state index < -0.39 is 0 Å². The van der Waals surface area contributed by atoms with Gasteiger partial charge in [-0.15, -0.1) is 0 Å². The Balaban J connectivity index is 1.65. The van der Waals surface area contributed by atoms with Crippen molar-refractivity contribution in [2.75, 3.05) is 38.2 Å². The van der Waals surface area contributed by atoms with Gasteiger partial charge in [-0.25, -0.2) is 0 Å². The summed E-state index contributed by atoms with van der Waals surface area (Å²) in [5.74, 6) is 0.540. The fraction of sp³-hybridized carbons (Fsp3) is 0.375. The summed E-state index contributed by atoms with van der Waals surface area (Å²) in [5, 5.41) is 5.78. The van der Waals surface area contributed by atoms with E-state index in [4.69, 9.17) is 21.7 Å². The molecule has 2 aromatic carbocycles. The van der Waals surface area contributed by atoms with Crippen LogP contribution < -0.4 is 15.4 Å². The van der Waals surface area contributed by atoms with Crippen molar-refractivity contribution < 1.29 is 19.1 Å². The molecule has 170 valence electrons. The molecule has 32 heavy (non-hydrogen) atoms. The van der Waals surface area contributed by atoms with Gasteiger partial charge < -0.3 is 19.7 Å². The Morgan fingerprint density at radius 1 is 1.06 bits per heavy atom. The molecule has 1 aliphatic rings. The lowest BCUT2D eigenvalue weighted by Crippen LogP contribution is -2.41. The molecule has 2 N–H and O–H groups in total. The monoisotopic (exact) mass is 455 g/mol. The zero-order valence-corrected chi connectivity index (χ0v) is 19.2. The summed E-state index contributed by atoms with van der Waals surface area (Å²) < 4.78 is 11.1. The van der Waals surface area contributed by atoms with Crippen LogP contribution >= 0.6 is 12.2 Å². The lowest BCUT2D eigenvalue weighted by molar-refractivity contribution is 0.0303. The van der Waals surface area contributed by atoms with Crippen LogP contribution in [0.3, 0.4) is 0 Å². The summed E-state index contributed by atoms with van der Waals surface area (Å²) in [5.41, 5.74) is 1.43. The minimum absolute atomic E-state index is 0.102. The first-order valence-electron chi connectivity index (χ1n) is 10.8. The third-order valence-corrected chi connectivity index (χ3v) is 5.22. The Morgan fingerprint density at radius 2 is 1.72 bits per heavy atom. The summed E-state index contributed by atoms with van der Waals surface area (Å²) in [6, 6.07) is 14.2. The Hall–Kier alpha value is -2.97. The van der Waals surface area contributed by atoms with Crippen molar-refractivity contribution >= 4 is 34.8 Å². The SMILES string of the molecule is CC(C)CCOc1ccccc1C(=O)NC(=S)Nc1ccccc1C(=O)N1CCOCC1. The van der Waals surface area contributed by atoms with Crippen molar-refractivity contribution in [2.45, 2.75) is 20.3 Å². The van der Waals surface area contributed by atoms with Crippen molar-refractivity contribution in [3.63, 3.8) is 0 Å². The quantitative estimate of drug-likeness (QED) is 0.620. The van der Waals surface area contributed by atoms with E-state index in [0.717, 1.165) is 6.42 Å². The minimum Gasteiger partial charge on any atom is -0.493 e. The van der Waals surface area contributed by atoms with Gasteiger partial charge in [0.2, 0.25) is 0 Å². The number of thiocarbonyl (C=S) groups is 1. The molecular weight excluding hydrogens is 426 g/mol. The first-order valence-corrected chi connectivity index (χ1v) is 11.2. The Labute approximate surface area is 194 Å². The molecule has 1 fully saturated rings. The molecule has 7 nitrogen and oxygen atoms in total. The summed E-state index contributed by atoms with van der Waals surface area (Å²) in [4.78, 5) is 27.5. The fourth-order valence-electron chi connectivity index (χ4n) is 3.22. The van der Waals surface area contributed by atoms with Crippen LogP contribution in [0.2, 0.25) is 0 Å². The van der Waals surface area contributed by atoms with Gasteiger partial charge in [0.1, 0.15) is 5.75 Å². The van der Waals surface area contributed by atoms with Gasteiger partial charge in [0.25, 0.3) is 11.8 Å². The molecule has 2 aromatic rings. The maximum atomic E-state index is 12.9. The number of hydrogen-bond donors (Lipinski definition) is 2. The van der Waals surface area contributed by atoms with Crippen LogP contribution in [0.4, 0.5) is 5.69 Å². The van der Waals surface area contributed by atoms with Crippen LogP contribution in [0, 0.1) is 5.92 Å². The number of morpholine rings is 1. The van der Waals surface area contributed by atoms with Gasteiger partial charge in [-0.3, -0.25) is 14.9 Å². The molecule has 3 rings (SSSR count). The smallest absolute Gasteiger partial charge is 0.261 e. The molecule has 0 atom stereocenters. The van der Waals surface area contributed by atoms with Gasteiger partial charge in [-0.1, -0.05) is 38.1 Å². The normalized spacial score (nSPS) is 13.5. The predicted molar refractivity (Wildman–Crippen MR) is 128 cm³/mol. The Kier molecular flexibility index (Phi) is 8.58. The van der Waals surface area contributed by atoms with E-state index in [1.54, 1.807) is 47.4 Å². The number of carbonyl (C=O) groups excluding carboxylic acids is 2. The second kappa shape index (κ2) is 11.6. The molecular formula is C24H29N3O4S. The second-order valence-corrected chi connectivity index (χ2v) is 8.29. The summed E-state index contributed by atoms with van der Waals surface area (Å²) >= 11 is 5.35. The van der Waals surface area contributed by atoms with E-state index in [0.29, 0.717) is 61.4 Å². The average molecular weight is 456 g/mol. The van der Waals surface area contributed by atoms with Crippen LogP contribution in [0.15, 0.2) is 48.5 Å². The first kappa shape index (κ1) is 23.7. The maximum Gasteiger partial charge on any atom is 0.261 e. The maximum absolute atomic E-state index is 12.9. The number of carbonyl (C=O) groups is 2. The van der Waals surface area contributed by atoms with E-state index in [9.17, 15) is 9.59 Å².